The smallest absolute Gasteiger partial charge is 0.246 e. The van der Waals surface area contributed by atoms with Gasteiger partial charge in [-0.3, -0.25) is 4.68 Å². The van der Waals surface area contributed by atoms with Gasteiger partial charge in [-0.25, -0.2) is 18.4 Å². The summed E-state index contributed by atoms with van der Waals surface area (Å²) in [5.74, 6) is 1.79. The summed E-state index contributed by atoms with van der Waals surface area (Å²) in [5.41, 5.74) is 1.27. The molecule has 0 N–H and O–H groups in total. The van der Waals surface area contributed by atoms with Crippen LogP contribution < -0.4 is 9.80 Å². The fraction of sp³-hybridized carbons (Fsp3) is 0.650. The monoisotopic (exact) mass is 448 g/mol. The lowest BCUT2D eigenvalue weighted by Crippen LogP contribution is -2.49. The number of likely N-dealkylation sites (N-methyl/N-ethyl adjacent to an activating group) is 1. The summed E-state index contributed by atoms with van der Waals surface area (Å²) in [7, 11) is -1.44. The molecule has 0 unspecified atom stereocenters. The van der Waals surface area contributed by atoms with E-state index in [9.17, 15) is 8.42 Å². The molecule has 4 rings (SSSR count). The van der Waals surface area contributed by atoms with E-state index >= 15 is 0 Å². The van der Waals surface area contributed by atoms with E-state index in [2.05, 4.69) is 36.8 Å². The molecular weight excluding hydrogens is 416 g/mol. The minimum atomic E-state index is -3.57. The second-order valence-corrected chi connectivity index (χ2v) is 10.1. The summed E-state index contributed by atoms with van der Waals surface area (Å²) in [6.07, 6.45) is 1.61. The highest BCUT2D eigenvalue weighted by Crippen LogP contribution is 2.26. The average molecular weight is 449 g/mol. The molecule has 0 saturated carbocycles. The van der Waals surface area contributed by atoms with Crippen molar-refractivity contribution < 1.29 is 8.42 Å². The van der Waals surface area contributed by atoms with Crippen LogP contribution >= 0.6 is 0 Å². The first-order valence-electron chi connectivity index (χ1n) is 10.9. The Bertz CT molecular complexity index is 1020. The van der Waals surface area contributed by atoms with Crippen molar-refractivity contribution >= 4 is 21.7 Å². The number of hydrogen-bond donors (Lipinski definition) is 0. The molecule has 0 spiro atoms. The van der Waals surface area contributed by atoms with E-state index in [-0.39, 0.29) is 0 Å². The number of aromatic nitrogens is 4. The van der Waals surface area contributed by atoms with Crippen LogP contribution in [0.5, 0.6) is 0 Å². The molecule has 4 heterocycles. The quantitative estimate of drug-likeness (QED) is 0.656. The van der Waals surface area contributed by atoms with Gasteiger partial charge < -0.3 is 14.7 Å². The summed E-state index contributed by atoms with van der Waals surface area (Å²) in [6.45, 7) is 12.2. The lowest BCUT2D eigenvalue weighted by molar-refractivity contribution is 0.312. The first kappa shape index (κ1) is 22.0. The number of anilines is 2. The maximum atomic E-state index is 13.3. The third-order valence-corrected chi connectivity index (χ3v) is 8.39. The van der Waals surface area contributed by atoms with Crippen LogP contribution in [0.4, 0.5) is 11.6 Å². The third kappa shape index (κ3) is 4.26. The molecule has 11 heteroatoms. The summed E-state index contributed by atoms with van der Waals surface area (Å²) >= 11 is 0. The number of sulfonamides is 1. The first-order chi connectivity index (χ1) is 14.8. The van der Waals surface area contributed by atoms with E-state index in [0.717, 1.165) is 37.8 Å². The van der Waals surface area contributed by atoms with Gasteiger partial charge in [-0.05, 0) is 27.8 Å². The van der Waals surface area contributed by atoms with Gasteiger partial charge in [0.15, 0.2) is 0 Å². The Morgan fingerprint density at radius 1 is 0.903 bits per heavy atom. The highest BCUT2D eigenvalue weighted by molar-refractivity contribution is 7.89. The van der Waals surface area contributed by atoms with E-state index in [1.807, 2.05) is 19.9 Å². The van der Waals surface area contributed by atoms with E-state index in [4.69, 9.17) is 0 Å². The number of rotatable bonds is 5. The van der Waals surface area contributed by atoms with Crippen LogP contribution in [0.1, 0.15) is 18.3 Å². The van der Waals surface area contributed by atoms with Crippen LogP contribution in [0.15, 0.2) is 17.3 Å². The molecule has 0 aromatic carbocycles. The predicted molar refractivity (Wildman–Crippen MR) is 120 cm³/mol. The number of hydrogen-bond acceptors (Lipinski definition) is 8. The Morgan fingerprint density at radius 2 is 1.45 bits per heavy atom. The van der Waals surface area contributed by atoms with Crippen molar-refractivity contribution in [3.05, 3.63) is 23.8 Å². The van der Waals surface area contributed by atoms with Crippen molar-refractivity contribution in [2.75, 3.05) is 69.2 Å². The average Bonchev–Trinajstić information content (AvgIpc) is 3.08. The Balaban J connectivity index is 1.45. The zero-order chi connectivity index (χ0) is 22.2. The molecule has 170 valence electrons. The molecule has 0 bridgehead atoms. The van der Waals surface area contributed by atoms with Crippen molar-refractivity contribution in [2.24, 2.45) is 0 Å². The van der Waals surface area contributed by atoms with E-state index < -0.39 is 10.0 Å². The maximum absolute atomic E-state index is 13.3. The first-order valence-corrected chi connectivity index (χ1v) is 12.3. The van der Waals surface area contributed by atoms with Crippen molar-refractivity contribution in [2.45, 2.75) is 32.2 Å². The van der Waals surface area contributed by atoms with E-state index in [1.54, 1.807) is 22.2 Å². The highest BCUT2D eigenvalue weighted by atomic mass is 32.2. The molecule has 0 aliphatic carbocycles. The molecule has 10 nitrogen and oxygen atoms in total. The van der Waals surface area contributed by atoms with E-state index in [1.165, 1.54) is 0 Å². The van der Waals surface area contributed by atoms with Crippen LogP contribution in [0.3, 0.4) is 0 Å². The third-order valence-electron chi connectivity index (χ3n) is 6.24. The number of aryl methyl sites for hydroxylation is 2. The molecule has 2 aromatic rings. The van der Waals surface area contributed by atoms with E-state index in [0.29, 0.717) is 49.0 Å². The summed E-state index contributed by atoms with van der Waals surface area (Å²) in [5, 5.41) is 4.39. The molecule has 2 aromatic heterocycles. The number of piperazine rings is 2. The van der Waals surface area contributed by atoms with Crippen molar-refractivity contribution in [3.63, 3.8) is 0 Å². The van der Waals surface area contributed by atoms with Gasteiger partial charge in [0.1, 0.15) is 22.9 Å². The van der Waals surface area contributed by atoms with Crippen LogP contribution in [0, 0.1) is 13.8 Å². The molecule has 0 radical (unpaired) electrons. The Labute approximate surface area is 184 Å². The zero-order valence-corrected chi connectivity index (χ0v) is 19.6. The largest absolute Gasteiger partial charge is 0.354 e. The van der Waals surface area contributed by atoms with Gasteiger partial charge in [0, 0.05) is 65.0 Å². The summed E-state index contributed by atoms with van der Waals surface area (Å²) in [6, 6.07) is 2.02. The second kappa shape index (κ2) is 8.71. The zero-order valence-electron chi connectivity index (χ0n) is 18.8. The lowest BCUT2D eigenvalue weighted by Gasteiger charge is -2.36. The van der Waals surface area contributed by atoms with Gasteiger partial charge in [0.2, 0.25) is 10.0 Å². The number of nitrogens with zero attached hydrogens (tertiary/aromatic N) is 8. The normalized spacial score (nSPS) is 19.2. The van der Waals surface area contributed by atoms with Crippen LogP contribution in [-0.4, -0.2) is 96.8 Å². The highest BCUT2D eigenvalue weighted by Gasteiger charge is 2.33. The van der Waals surface area contributed by atoms with Gasteiger partial charge >= 0.3 is 0 Å². The molecule has 2 aliphatic rings. The second-order valence-electron chi connectivity index (χ2n) is 8.23. The molecule has 2 aliphatic heterocycles. The van der Waals surface area contributed by atoms with Gasteiger partial charge in [0.25, 0.3) is 0 Å². The minimum absolute atomic E-state index is 0.349. The Morgan fingerprint density at radius 3 is 1.97 bits per heavy atom. The summed E-state index contributed by atoms with van der Waals surface area (Å²) < 4.78 is 29.9. The topological polar surface area (TPSA) is 90.7 Å². The van der Waals surface area contributed by atoms with Crippen molar-refractivity contribution in [1.29, 1.82) is 0 Å². The minimum Gasteiger partial charge on any atom is -0.354 e. The summed E-state index contributed by atoms with van der Waals surface area (Å²) in [4.78, 5) is 16.0. The van der Waals surface area contributed by atoms with Crippen LogP contribution in [-0.2, 0) is 16.6 Å². The Hall–Kier alpha value is -2.24. The van der Waals surface area contributed by atoms with Crippen LogP contribution in [0.2, 0.25) is 0 Å². The Kier molecular flexibility index (Phi) is 6.18. The van der Waals surface area contributed by atoms with Gasteiger partial charge in [-0.1, -0.05) is 0 Å². The standard InChI is InChI=1S/C20H32N8O2S/c1-5-28-17(3)20(16(2)23-28)31(29,30)27-12-10-26(11-13-27)19-14-18(21-15-22-19)25-8-6-24(4)7-9-25/h14-15H,5-13H2,1-4H3. The van der Waals surface area contributed by atoms with Crippen molar-refractivity contribution in [3.8, 4) is 0 Å². The fourth-order valence-electron chi connectivity index (χ4n) is 4.37. The fourth-order valence-corrected chi connectivity index (χ4v) is 6.16. The molecule has 0 atom stereocenters. The van der Waals surface area contributed by atoms with Gasteiger partial charge in [0.05, 0.1) is 11.4 Å². The molecule has 31 heavy (non-hydrogen) atoms. The van der Waals surface area contributed by atoms with Crippen molar-refractivity contribution in [1.82, 2.24) is 29.0 Å². The molecule has 2 saturated heterocycles. The molecular formula is C20H32N8O2S. The van der Waals surface area contributed by atoms with Gasteiger partial charge in [-0.15, -0.1) is 0 Å². The SMILES string of the molecule is CCn1nc(C)c(S(=O)(=O)N2CCN(c3cc(N4CCN(C)CC4)ncn3)CC2)c1C. The molecule has 0 amide bonds. The maximum Gasteiger partial charge on any atom is 0.246 e. The van der Waals surface area contributed by atoms with Gasteiger partial charge in [-0.2, -0.15) is 9.40 Å². The van der Waals surface area contributed by atoms with Crippen LogP contribution in [0.25, 0.3) is 0 Å². The predicted octanol–water partition coefficient (Wildman–Crippen LogP) is 0.573. The molecule has 2 fully saturated rings. The lowest BCUT2D eigenvalue weighted by atomic mass is 10.3.